The lowest BCUT2D eigenvalue weighted by Gasteiger charge is -2.19. The van der Waals surface area contributed by atoms with Crippen LogP contribution in [0.3, 0.4) is 0 Å². The van der Waals surface area contributed by atoms with Crippen LogP contribution in [0.1, 0.15) is 6.42 Å². The van der Waals surface area contributed by atoms with Gasteiger partial charge >= 0.3 is 7.60 Å². The van der Waals surface area contributed by atoms with Crippen LogP contribution in [0.25, 0.3) is 0 Å². The van der Waals surface area contributed by atoms with Crippen LogP contribution >= 0.6 is 23.5 Å². The molecule has 5 heteroatoms. The summed E-state index contributed by atoms with van der Waals surface area (Å²) in [6, 6.07) is 18.2. The number of rotatable bonds is 7. The summed E-state index contributed by atoms with van der Waals surface area (Å²) < 4.78 is 24.1. The molecule has 0 aliphatic heterocycles. The van der Waals surface area contributed by atoms with Crippen molar-refractivity contribution in [3.05, 3.63) is 60.7 Å². The highest BCUT2D eigenvalue weighted by molar-refractivity contribution is 9.09. The lowest BCUT2D eigenvalue weighted by atomic mass is 10.3. The van der Waals surface area contributed by atoms with Gasteiger partial charge in [0.2, 0.25) is 0 Å². The molecular weight excluding hydrogens is 339 g/mol. The van der Waals surface area contributed by atoms with Gasteiger partial charge in [-0.1, -0.05) is 52.3 Å². The van der Waals surface area contributed by atoms with Crippen molar-refractivity contribution in [2.75, 3.05) is 11.5 Å². The molecule has 2 rings (SSSR count). The van der Waals surface area contributed by atoms with Gasteiger partial charge < -0.3 is 9.05 Å². The van der Waals surface area contributed by atoms with E-state index in [1.54, 1.807) is 24.3 Å². The smallest absolute Gasteiger partial charge is 0.416 e. The molecule has 0 aliphatic rings. The highest BCUT2D eigenvalue weighted by Crippen LogP contribution is 2.48. The lowest BCUT2D eigenvalue weighted by molar-refractivity contribution is 0.385. The third-order valence-corrected chi connectivity index (χ3v) is 4.94. The molecule has 0 atom stereocenters. The predicted molar refractivity (Wildman–Crippen MR) is 85.0 cm³/mol. The van der Waals surface area contributed by atoms with E-state index >= 15 is 0 Å². The van der Waals surface area contributed by atoms with Crippen molar-refractivity contribution in [2.24, 2.45) is 0 Å². The summed E-state index contributed by atoms with van der Waals surface area (Å²) in [5, 5.41) is 0.757. The molecule has 0 bridgehead atoms. The maximum atomic E-state index is 12.8. The second-order valence-electron chi connectivity index (χ2n) is 4.19. The van der Waals surface area contributed by atoms with E-state index in [0.717, 1.165) is 11.8 Å². The second-order valence-corrected chi connectivity index (χ2v) is 7.01. The quantitative estimate of drug-likeness (QED) is 0.511. The molecule has 2 aromatic carbocycles. The molecule has 0 fully saturated rings. The van der Waals surface area contributed by atoms with E-state index in [9.17, 15) is 4.57 Å². The lowest BCUT2D eigenvalue weighted by Crippen LogP contribution is -2.05. The zero-order chi connectivity index (χ0) is 14.3. The number of para-hydroxylation sites is 2. The van der Waals surface area contributed by atoms with Crippen molar-refractivity contribution in [2.45, 2.75) is 6.42 Å². The van der Waals surface area contributed by atoms with Gasteiger partial charge in [0, 0.05) is 5.33 Å². The maximum absolute atomic E-state index is 12.8. The van der Waals surface area contributed by atoms with E-state index < -0.39 is 7.60 Å². The van der Waals surface area contributed by atoms with E-state index in [1.165, 1.54) is 0 Å². The molecule has 0 heterocycles. The summed E-state index contributed by atoms with van der Waals surface area (Å²) in [7, 11) is -3.21. The van der Waals surface area contributed by atoms with Gasteiger partial charge in [-0.3, -0.25) is 0 Å². The molecule has 2 aromatic rings. The molecule has 0 spiro atoms. The van der Waals surface area contributed by atoms with Crippen molar-refractivity contribution in [1.29, 1.82) is 0 Å². The maximum Gasteiger partial charge on any atom is 0.430 e. The van der Waals surface area contributed by atoms with Crippen LogP contribution in [-0.2, 0) is 4.57 Å². The molecule has 0 N–H and O–H groups in total. The second kappa shape index (κ2) is 7.51. The minimum Gasteiger partial charge on any atom is -0.416 e. The van der Waals surface area contributed by atoms with Crippen LogP contribution in [0, 0.1) is 0 Å². The molecule has 0 saturated heterocycles. The zero-order valence-corrected chi connectivity index (χ0v) is 13.4. The fourth-order valence-electron chi connectivity index (χ4n) is 1.65. The van der Waals surface area contributed by atoms with E-state index in [0.29, 0.717) is 17.7 Å². The summed E-state index contributed by atoms with van der Waals surface area (Å²) >= 11 is 3.34. The topological polar surface area (TPSA) is 35.5 Å². The number of alkyl halides is 1. The first-order valence-corrected chi connectivity index (χ1v) is 9.21. The molecule has 20 heavy (non-hydrogen) atoms. The Morgan fingerprint density at radius 1 is 0.850 bits per heavy atom. The largest absolute Gasteiger partial charge is 0.430 e. The minimum atomic E-state index is -3.21. The molecule has 0 unspecified atom stereocenters. The van der Waals surface area contributed by atoms with Gasteiger partial charge in [0.15, 0.2) is 0 Å². The van der Waals surface area contributed by atoms with Crippen LogP contribution in [-0.4, -0.2) is 11.5 Å². The molecule has 0 amide bonds. The van der Waals surface area contributed by atoms with Gasteiger partial charge in [-0.25, -0.2) is 4.57 Å². The zero-order valence-electron chi connectivity index (χ0n) is 10.9. The predicted octanol–water partition coefficient (Wildman–Crippen LogP) is 5.12. The Labute approximate surface area is 127 Å². The summed E-state index contributed by atoms with van der Waals surface area (Å²) in [6.07, 6.45) is 1.08. The molecule has 0 radical (unpaired) electrons. The molecule has 0 aromatic heterocycles. The fraction of sp³-hybridized carbons (Fsp3) is 0.200. The van der Waals surface area contributed by atoms with Crippen molar-refractivity contribution < 1.29 is 13.6 Å². The summed E-state index contributed by atoms with van der Waals surface area (Å²) in [4.78, 5) is 0. The van der Waals surface area contributed by atoms with E-state index in [4.69, 9.17) is 9.05 Å². The van der Waals surface area contributed by atoms with Crippen LogP contribution in [0.4, 0.5) is 0 Å². The molecule has 0 aliphatic carbocycles. The van der Waals surface area contributed by atoms with Crippen LogP contribution in [0.5, 0.6) is 11.5 Å². The summed E-state index contributed by atoms with van der Waals surface area (Å²) in [5.41, 5.74) is 0. The fourth-order valence-corrected chi connectivity index (χ4v) is 4.01. The Morgan fingerprint density at radius 2 is 1.30 bits per heavy atom. The Balaban J connectivity index is 2.15. The third kappa shape index (κ3) is 4.69. The Bertz CT molecular complexity index is 514. The highest BCUT2D eigenvalue weighted by Gasteiger charge is 2.27. The highest BCUT2D eigenvalue weighted by atomic mass is 79.9. The van der Waals surface area contributed by atoms with E-state index in [1.807, 2.05) is 36.4 Å². The monoisotopic (exact) mass is 354 g/mol. The van der Waals surface area contributed by atoms with E-state index in [2.05, 4.69) is 15.9 Å². The van der Waals surface area contributed by atoms with Crippen molar-refractivity contribution in [3.63, 3.8) is 0 Å². The first-order chi connectivity index (χ1) is 9.72. The first-order valence-electron chi connectivity index (χ1n) is 6.36. The standard InChI is InChI=1S/C15H16BrO3P/c16-12-7-13-20(17,18-14-8-3-1-4-9-14)19-15-10-5-2-6-11-15/h1-6,8-11H,7,12-13H2. The summed E-state index contributed by atoms with van der Waals surface area (Å²) in [6.45, 7) is 0. The number of benzene rings is 2. The average molecular weight is 355 g/mol. The van der Waals surface area contributed by atoms with Gasteiger partial charge in [-0.2, -0.15) is 0 Å². The van der Waals surface area contributed by atoms with Gasteiger partial charge in [-0.15, -0.1) is 0 Å². The van der Waals surface area contributed by atoms with Crippen LogP contribution < -0.4 is 9.05 Å². The Hall–Kier alpha value is -1.25. The van der Waals surface area contributed by atoms with Crippen molar-refractivity contribution in [1.82, 2.24) is 0 Å². The first kappa shape index (κ1) is 15.1. The van der Waals surface area contributed by atoms with Gasteiger partial charge in [0.25, 0.3) is 0 Å². The van der Waals surface area contributed by atoms with Crippen molar-refractivity contribution in [3.8, 4) is 11.5 Å². The van der Waals surface area contributed by atoms with Gasteiger partial charge in [0.1, 0.15) is 11.5 Å². The van der Waals surface area contributed by atoms with Gasteiger partial charge in [0.05, 0.1) is 6.16 Å². The number of hydrogen-bond acceptors (Lipinski definition) is 3. The average Bonchev–Trinajstić information content (AvgIpc) is 2.47. The normalized spacial score (nSPS) is 11.1. The Kier molecular flexibility index (Phi) is 5.69. The van der Waals surface area contributed by atoms with Crippen LogP contribution in [0.15, 0.2) is 60.7 Å². The Morgan fingerprint density at radius 3 is 1.70 bits per heavy atom. The SMILES string of the molecule is O=P(CCCBr)(Oc1ccccc1)Oc1ccccc1. The minimum absolute atomic E-state index is 0.363. The molecular formula is C15H16BrO3P. The molecule has 3 nitrogen and oxygen atoms in total. The third-order valence-electron chi connectivity index (χ3n) is 2.54. The van der Waals surface area contributed by atoms with Crippen LogP contribution in [0.2, 0.25) is 0 Å². The summed E-state index contributed by atoms with van der Waals surface area (Å²) in [5.74, 6) is 1.11. The molecule has 0 saturated carbocycles. The van der Waals surface area contributed by atoms with Crippen molar-refractivity contribution >= 4 is 23.5 Å². The number of halogens is 1. The number of hydrogen-bond donors (Lipinski definition) is 0. The van der Waals surface area contributed by atoms with E-state index in [-0.39, 0.29) is 0 Å². The van der Waals surface area contributed by atoms with Gasteiger partial charge in [-0.05, 0) is 30.7 Å². The molecule has 106 valence electrons.